The van der Waals surface area contributed by atoms with Crippen LogP contribution < -0.4 is 5.73 Å². The van der Waals surface area contributed by atoms with Crippen LogP contribution >= 0.6 is 15.9 Å². The van der Waals surface area contributed by atoms with E-state index in [1.54, 1.807) is 43.1 Å². The molecule has 0 saturated carbocycles. The molecular formula is C14H10BrFN4. The number of rotatable bonds is 2. The van der Waals surface area contributed by atoms with Gasteiger partial charge >= 0.3 is 0 Å². The molecule has 0 aliphatic rings. The average molecular weight is 333 g/mol. The molecule has 2 heterocycles. The summed E-state index contributed by atoms with van der Waals surface area (Å²) in [6.07, 6.45) is 6.67. The fraction of sp³-hybridized carbons (Fsp3) is 0. The minimum Gasteiger partial charge on any atom is -0.398 e. The number of nitrogens with two attached hydrogens (primary N) is 1. The molecule has 0 atom stereocenters. The molecule has 0 bridgehead atoms. The Hall–Kier alpha value is -2.21. The van der Waals surface area contributed by atoms with E-state index >= 15 is 0 Å². The Balaban J connectivity index is 2.15. The number of nitrogens with zero attached hydrogens (tertiary/aromatic N) is 3. The largest absolute Gasteiger partial charge is 0.398 e. The van der Waals surface area contributed by atoms with Gasteiger partial charge in [0.15, 0.2) is 0 Å². The molecule has 3 rings (SSSR count). The molecule has 2 N–H and O–H groups in total. The van der Waals surface area contributed by atoms with Gasteiger partial charge in [0.2, 0.25) is 0 Å². The molecule has 0 aliphatic heterocycles. The zero-order valence-electron chi connectivity index (χ0n) is 10.3. The van der Waals surface area contributed by atoms with Crippen LogP contribution in [-0.2, 0) is 0 Å². The van der Waals surface area contributed by atoms with Crippen LogP contribution in [0.2, 0.25) is 0 Å². The average Bonchev–Trinajstić information content (AvgIpc) is 2.91. The third kappa shape index (κ3) is 2.18. The molecule has 1 aromatic carbocycles. The molecule has 0 radical (unpaired) electrons. The van der Waals surface area contributed by atoms with Gasteiger partial charge in [0, 0.05) is 29.3 Å². The summed E-state index contributed by atoms with van der Waals surface area (Å²) < 4.78 is 15.6. The molecule has 6 heteroatoms. The van der Waals surface area contributed by atoms with Gasteiger partial charge < -0.3 is 5.73 Å². The number of anilines is 1. The maximum absolute atomic E-state index is 13.3. The number of hydrogen-bond acceptors (Lipinski definition) is 3. The van der Waals surface area contributed by atoms with Crippen molar-refractivity contribution in [1.82, 2.24) is 14.5 Å². The number of halogens is 2. The maximum atomic E-state index is 13.3. The van der Waals surface area contributed by atoms with Crippen molar-refractivity contribution in [2.75, 3.05) is 5.73 Å². The molecule has 4 nitrogen and oxygen atoms in total. The van der Waals surface area contributed by atoms with Gasteiger partial charge in [-0.1, -0.05) is 0 Å². The summed E-state index contributed by atoms with van der Waals surface area (Å²) in [5.41, 5.74) is 8.95. The van der Waals surface area contributed by atoms with Crippen LogP contribution in [0, 0.1) is 5.82 Å². The Bertz CT molecular complexity index is 769. The van der Waals surface area contributed by atoms with Crippen LogP contribution in [0.25, 0.3) is 16.9 Å². The van der Waals surface area contributed by atoms with E-state index < -0.39 is 0 Å². The molecular weight excluding hydrogens is 323 g/mol. The number of aromatic nitrogens is 3. The van der Waals surface area contributed by atoms with Crippen molar-refractivity contribution in [2.24, 2.45) is 0 Å². The second kappa shape index (κ2) is 5.05. The molecule has 0 aliphatic carbocycles. The van der Waals surface area contributed by atoms with Crippen LogP contribution in [0.4, 0.5) is 10.1 Å². The molecule has 0 saturated heterocycles. The second-order valence-electron chi connectivity index (χ2n) is 4.21. The molecule has 2 aromatic heterocycles. The minimum absolute atomic E-state index is 0.309. The van der Waals surface area contributed by atoms with Crippen LogP contribution in [-0.4, -0.2) is 14.5 Å². The lowest BCUT2D eigenvalue weighted by atomic mass is 10.2. The van der Waals surface area contributed by atoms with E-state index in [0.29, 0.717) is 10.2 Å². The summed E-state index contributed by atoms with van der Waals surface area (Å²) >= 11 is 3.18. The van der Waals surface area contributed by atoms with Crippen molar-refractivity contribution in [3.63, 3.8) is 0 Å². The van der Waals surface area contributed by atoms with Gasteiger partial charge in [0.05, 0.1) is 22.7 Å². The van der Waals surface area contributed by atoms with Gasteiger partial charge in [-0.05, 0) is 40.2 Å². The van der Waals surface area contributed by atoms with Crippen LogP contribution in [0.3, 0.4) is 0 Å². The maximum Gasteiger partial charge on any atom is 0.137 e. The normalized spacial score (nSPS) is 10.7. The third-order valence-corrected chi connectivity index (χ3v) is 3.56. The number of benzene rings is 1. The highest BCUT2D eigenvalue weighted by Gasteiger charge is 2.11. The van der Waals surface area contributed by atoms with Crippen LogP contribution in [0.15, 0.2) is 53.7 Å². The summed E-state index contributed by atoms with van der Waals surface area (Å²) in [5, 5.41) is 0. The Labute approximate surface area is 123 Å². The lowest BCUT2D eigenvalue weighted by Gasteiger charge is -2.10. The van der Waals surface area contributed by atoms with Crippen molar-refractivity contribution in [3.05, 3.63) is 59.5 Å². The van der Waals surface area contributed by atoms with Crippen molar-refractivity contribution < 1.29 is 4.39 Å². The smallest absolute Gasteiger partial charge is 0.137 e. The van der Waals surface area contributed by atoms with Gasteiger partial charge in [0.25, 0.3) is 0 Å². The predicted octanol–water partition coefficient (Wildman–Crippen LogP) is 3.42. The van der Waals surface area contributed by atoms with Gasteiger partial charge in [-0.2, -0.15) is 0 Å². The molecule has 0 fully saturated rings. The summed E-state index contributed by atoms with van der Waals surface area (Å²) in [5.74, 6) is -0.309. The first kappa shape index (κ1) is 12.8. The Morgan fingerprint density at radius 1 is 1.15 bits per heavy atom. The number of imidazole rings is 1. The Kier molecular flexibility index (Phi) is 3.23. The van der Waals surface area contributed by atoms with E-state index in [2.05, 4.69) is 25.9 Å². The lowest BCUT2D eigenvalue weighted by molar-refractivity contribution is 0.620. The molecule has 3 aromatic rings. The molecule has 0 spiro atoms. The second-order valence-corrected chi connectivity index (χ2v) is 5.06. The van der Waals surface area contributed by atoms with E-state index in [1.165, 1.54) is 6.07 Å². The highest BCUT2D eigenvalue weighted by Crippen LogP contribution is 2.28. The zero-order valence-corrected chi connectivity index (χ0v) is 11.9. The van der Waals surface area contributed by atoms with Gasteiger partial charge in [-0.3, -0.25) is 9.55 Å². The highest BCUT2D eigenvalue weighted by atomic mass is 79.9. The molecule has 0 amide bonds. The summed E-state index contributed by atoms with van der Waals surface area (Å²) in [6, 6.07) is 6.49. The van der Waals surface area contributed by atoms with Crippen molar-refractivity contribution in [2.45, 2.75) is 0 Å². The molecule has 100 valence electrons. The summed E-state index contributed by atoms with van der Waals surface area (Å²) in [7, 11) is 0. The Morgan fingerprint density at radius 2 is 2.00 bits per heavy atom. The fourth-order valence-electron chi connectivity index (χ4n) is 1.95. The molecule has 0 unspecified atom stereocenters. The monoisotopic (exact) mass is 332 g/mol. The zero-order chi connectivity index (χ0) is 14.1. The summed E-state index contributed by atoms with van der Waals surface area (Å²) in [4.78, 5) is 8.22. The Morgan fingerprint density at radius 3 is 2.75 bits per heavy atom. The topological polar surface area (TPSA) is 56.7 Å². The minimum atomic E-state index is -0.309. The van der Waals surface area contributed by atoms with Gasteiger partial charge in [-0.15, -0.1) is 0 Å². The van der Waals surface area contributed by atoms with E-state index in [4.69, 9.17) is 5.73 Å². The molecule has 20 heavy (non-hydrogen) atoms. The van der Waals surface area contributed by atoms with Crippen molar-refractivity contribution in [1.29, 1.82) is 0 Å². The van der Waals surface area contributed by atoms with Crippen molar-refractivity contribution in [3.8, 4) is 16.9 Å². The SMILES string of the molecule is Nc1ccncc1-c1cncn1-c1ccc(F)c(Br)c1. The first-order valence-electron chi connectivity index (χ1n) is 5.84. The predicted molar refractivity (Wildman–Crippen MR) is 78.9 cm³/mol. The first-order valence-corrected chi connectivity index (χ1v) is 6.64. The first-order chi connectivity index (χ1) is 9.66. The number of pyridine rings is 1. The standard InChI is InChI=1S/C14H10BrFN4/c15-11-5-9(1-2-12(11)16)20-8-19-7-14(20)10-6-18-4-3-13(10)17/h1-8H,(H2,17,18). The van der Waals surface area contributed by atoms with Gasteiger partial charge in [-0.25, -0.2) is 9.37 Å². The summed E-state index contributed by atoms with van der Waals surface area (Å²) in [6.45, 7) is 0. The highest BCUT2D eigenvalue weighted by molar-refractivity contribution is 9.10. The lowest BCUT2D eigenvalue weighted by Crippen LogP contribution is -1.98. The van der Waals surface area contributed by atoms with E-state index in [-0.39, 0.29) is 5.82 Å². The van der Waals surface area contributed by atoms with Crippen LogP contribution in [0.1, 0.15) is 0 Å². The van der Waals surface area contributed by atoms with Crippen molar-refractivity contribution >= 4 is 21.6 Å². The third-order valence-electron chi connectivity index (χ3n) is 2.95. The van der Waals surface area contributed by atoms with E-state index in [9.17, 15) is 4.39 Å². The van der Waals surface area contributed by atoms with E-state index in [0.717, 1.165) is 16.9 Å². The number of nitrogen functional groups attached to an aromatic ring is 1. The quantitative estimate of drug-likeness (QED) is 0.782. The van der Waals surface area contributed by atoms with Crippen LogP contribution in [0.5, 0.6) is 0 Å². The van der Waals surface area contributed by atoms with Gasteiger partial charge in [0.1, 0.15) is 5.82 Å². The number of hydrogen-bond donors (Lipinski definition) is 1. The fourth-order valence-corrected chi connectivity index (χ4v) is 2.32. The van der Waals surface area contributed by atoms with E-state index in [1.807, 2.05) is 4.57 Å².